The predicted molar refractivity (Wildman–Crippen MR) is 476 cm³/mol. The molecule has 3 aromatic carbocycles. The Balaban J connectivity index is -0.0000000226. The summed E-state index contributed by atoms with van der Waals surface area (Å²) in [6.45, 7) is 34.8. The molecular weight excluding hydrogens is 1330 g/mol. The van der Waals surface area contributed by atoms with Gasteiger partial charge in [0.1, 0.15) is 40.2 Å². The Kier molecular flexibility index (Phi) is 9.89. The fourth-order valence-corrected chi connectivity index (χ4v) is 8.02. The van der Waals surface area contributed by atoms with Gasteiger partial charge in [0.05, 0.1) is 65.1 Å². The number of benzene rings is 3. The van der Waals surface area contributed by atoms with Crippen LogP contribution in [-0.2, 0) is 43.3 Å². The maximum atomic E-state index is 9.72. The average molecular weight is 1630 g/mol. The molecule has 0 fully saturated rings. The molecule has 0 saturated carbocycles. The molecule has 0 unspecified atom stereocenters. The van der Waals surface area contributed by atoms with Gasteiger partial charge >= 0.3 is 21.4 Å². The normalized spacial score (nSPS) is 16.6. The van der Waals surface area contributed by atoms with Gasteiger partial charge in [-0.3, -0.25) is 19.9 Å². The molecule has 3 aliphatic heterocycles. The summed E-state index contributed by atoms with van der Waals surface area (Å²) in [4.78, 5) is 38.4. The molecule has 94 heavy (non-hydrogen) atoms. The van der Waals surface area contributed by atoms with Gasteiger partial charge in [0.25, 0.3) is 11.8 Å². The van der Waals surface area contributed by atoms with E-state index in [9.17, 15) is 15.2 Å². The molecule has 0 bridgehead atoms. The Labute approximate surface area is 745 Å². The van der Waals surface area contributed by atoms with Crippen LogP contribution in [0, 0.1) is 32.9 Å². The molecule has 0 radical (unpaired) electrons. The fraction of sp³-hybridized carbons (Fsp3) is 0.117. The number of aromatic nitrogens is 6. The molecule has 0 atom stereocenters. The smallest absolute Gasteiger partial charge is 0.491 e. The van der Waals surface area contributed by atoms with E-state index < -0.39 is 21.4 Å². The lowest BCUT2D eigenvalue weighted by Crippen LogP contribution is -2.27. The van der Waals surface area contributed by atoms with Crippen molar-refractivity contribution in [2.45, 2.75) is 19.8 Å². The van der Waals surface area contributed by atoms with Crippen molar-refractivity contribution in [3.8, 4) is 63.5 Å². The molecule has 0 saturated heterocycles. The Hall–Kier alpha value is -10.9. The van der Waals surface area contributed by atoms with Crippen molar-refractivity contribution in [1.82, 2.24) is 29.9 Å². The van der Waals surface area contributed by atoms with Crippen LogP contribution >= 0.6 is 39.1 Å². The number of aromatic hydroxyl groups is 5. The molecule has 9 aromatic rings. The van der Waals surface area contributed by atoms with Crippen LogP contribution in [0.2, 0.25) is 10.3 Å². The highest BCUT2D eigenvalue weighted by atomic mass is 79.9. The van der Waals surface area contributed by atoms with Crippen molar-refractivity contribution >= 4 is 105 Å². The Morgan fingerprint density at radius 1 is 0.479 bits per heavy atom. The summed E-state index contributed by atoms with van der Waals surface area (Å²) < 4.78 is 657. The third-order valence-corrected chi connectivity index (χ3v) is 12.7. The molecule has 0 amide bonds. The van der Waals surface area contributed by atoms with Crippen LogP contribution in [0.4, 0.5) is 28.4 Å². The van der Waals surface area contributed by atoms with Gasteiger partial charge in [-0.15, -0.1) is 0 Å². The van der Waals surface area contributed by atoms with Gasteiger partial charge in [0, 0.05) is 238 Å². The SMILES string of the molecule is OB1OCc2cc(O)ccc21.Oc1cncc(Br)c1.[2HH].[2H][2H].[2H][2H].[2H][2H].[2H][2H].[2H][2H].[2H][2H].[2H][2H].[2H][2H].[2H][2H].[2H][2H].[2H][2H].[2H][2H].[2H][2H].[2H][2H].[2H][2H].[2H][2H].[2H][2H].[2H][2H].[2H][2H].[2H][2H].[2H][2H].[2H][2H].[2H][2H].[2H][2H].[2H][2H].[2H][2H].[2H][2H].[2H][2H].[2H][2H].[2H][2H].[2H][2H].[2H][2H].[2H][2H].[2H][2H].[2H][2H].[2H][2H].[2H][2H].[2H][2H].[2H][2H].[2H][2H].[2H][2H].[2H][2H].[2H][2H].[2H][2H].[2H][2H].[2H][2H].[2H][2H].[2H][2H].[2H][2H].[2H][2H].[2H][2H].[2H][2H].[2H][2H].[2H][2H].[2H][2H].[2H][2H].[2H][2H].[2H][2H].[2H][2H].[2H][2H].[2H][2H].[C-]#[N+]c1cnc(Cl)c(O)c1.[C-]#[N+]c1cnc(Cl)c(OCOC)c1.[C-]#[N+]c1cnc(Oc2ccc3c(c2)COB3O)c(O)c1.[C-]#[N+]c1cnc(Oc2ccc3c(c2)COB3O)c(OCOC)c1.[C-]#[N+]c1cncc(O)c1. The van der Waals surface area contributed by atoms with Crippen LogP contribution in [0.25, 0.3) is 24.2 Å². The topological polar surface area (TPSA) is 344 Å². The van der Waals surface area contributed by atoms with Crippen molar-refractivity contribution < 1.29 is 266 Å². The third kappa shape index (κ3) is 22.2. The number of ether oxygens (including phenoxy) is 6. The molecule has 0 aliphatic carbocycles. The third-order valence-electron chi connectivity index (χ3n) is 11.7. The lowest BCUT2D eigenvalue weighted by molar-refractivity contribution is 0.0491. The van der Waals surface area contributed by atoms with Gasteiger partial charge in [-0.1, -0.05) is 41.4 Å². The number of halogens is 3. The highest BCUT2D eigenvalue weighted by molar-refractivity contribution is 9.10. The van der Waals surface area contributed by atoms with E-state index in [0.29, 0.717) is 65.3 Å². The van der Waals surface area contributed by atoms with E-state index in [1.807, 2.05) is 0 Å². The van der Waals surface area contributed by atoms with E-state index in [-0.39, 0.29) is 77.2 Å². The number of rotatable bonds is 10. The van der Waals surface area contributed by atoms with Crippen molar-refractivity contribution in [3.63, 3.8) is 0 Å². The molecule has 8 N–H and O–H groups in total. The minimum Gasteiger partial charge on any atom is -0.508 e. The lowest BCUT2D eigenvalue weighted by atomic mass is 9.80. The summed E-state index contributed by atoms with van der Waals surface area (Å²) in [5.74, 6) is 2.00. The zero-order chi connectivity index (χ0) is 190. The second-order valence-corrected chi connectivity index (χ2v) is 19.9. The molecule has 6 aromatic heterocycles. The summed E-state index contributed by atoms with van der Waals surface area (Å²) in [6.07, 6.45) is 11.1. The number of phenolic OH excluding ortho intramolecular Hbond substituents is 1. The first-order valence-corrected chi connectivity index (χ1v) is 27.9. The number of pyridine rings is 6. The lowest BCUT2D eigenvalue weighted by Gasteiger charge is -2.12. The Bertz CT molecular complexity index is 4500. The maximum Gasteiger partial charge on any atom is 0.491 e. The van der Waals surface area contributed by atoms with Gasteiger partial charge in [0.2, 0.25) is 28.4 Å². The van der Waals surface area contributed by atoms with E-state index in [1.54, 1.807) is 60.8 Å². The zero-order valence-corrected chi connectivity index (χ0v) is 51.9. The second-order valence-electron chi connectivity index (χ2n) is 18.2. The number of methoxy groups -OCH3 is 2. The number of fused-ring (bicyclic) bond motifs is 3. The van der Waals surface area contributed by atoms with Gasteiger partial charge < -0.3 is 83.0 Å². The summed E-state index contributed by atoms with van der Waals surface area (Å²) in [5.41, 5.74) is 6.32. The molecule has 34 heteroatoms. The Morgan fingerprint density at radius 3 is 1.35 bits per heavy atom. The van der Waals surface area contributed by atoms with Gasteiger partial charge in [-0.05, 0) is 122 Å². The van der Waals surface area contributed by atoms with Crippen LogP contribution in [0.15, 0.2) is 145 Å². The molecule has 12 rings (SSSR count). The number of hydrogen-bond acceptors (Lipinski definition) is 23. The van der Waals surface area contributed by atoms with E-state index in [2.05, 4.69) is 74.8 Å². The minimum atomic E-state index is -0.900. The minimum absolute atomic E-state index is 0. The molecule has 9 heterocycles. The highest BCUT2D eigenvalue weighted by Crippen LogP contribution is 2.35. The Morgan fingerprint density at radius 2 is 0.894 bits per heavy atom. The van der Waals surface area contributed by atoms with E-state index in [0.717, 1.165) is 32.1 Å². The molecular formula is C60H171B3BrCl2N11O17. The van der Waals surface area contributed by atoms with Crippen molar-refractivity contribution in [1.29, 1.82) is 0 Å². The van der Waals surface area contributed by atoms with E-state index in [1.165, 1.54) is 94.0 Å². The van der Waals surface area contributed by atoms with Crippen molar-refractivity contribution in [2.24, 2.45) is 0 Å². The second kappa shape index (κ2) is 36.9. The van der Waals surface area contributed by atoms with Gasteiger partial charge in [-0.25, -0.2) is 34.2 Å². The average Bonchev–Trinajstić information content (AvgIpc) is 1.69. The van der Waals surface area contributed by atoms with E-state index in [4.69, 9.17) is 300 Å². The summed E-state index contributed by atoms with van der Waals surface area (Å²) >= 11 is 14.2. The largest absolute Gasteiger partial charge is 0.508 e. The molecule has 0 spiro atoms. The maximum absolute atomic E-state index is 9.72. The summed E-state index contributed by atoms with van der Waals surface area (Å²) in [5, 5.41) is 73.7. The molecule has 28 nitrogen and oxygen atoms in total. The first-order chi connectivity index (χ1) is 106. The van der Waals surface area contributed by atoms with Crippen LogP contribution in [-0.4, -0.2) is 120 Å². The first-order valence-electron chi connectivity index (χ1n) is 87.3. The first kappa shape index (κ1) is 25.2. The predicted octanol–water partition coefficient (Wildman–Crippen LogP) is 25.0. The number of hydrogen-bond donors (Lipinski definition) is 8. The van der Waals surface area contributed by atoms with E-state index >= 15 is 0 Å². The van der Waals surface area contributed by atoms with Crippen molar-refractivity contribution in [3.05, 3.63) is 229 Å². The zero-order valence-electron chi connectivity index (χ0n) is 171. The number of nitrogens with zero attached hydrogens (tertiary/aromatic N) is 11. The monoisotopic (exact) mass is 1620 g/mol. The quantitative estimate of drug-likeness (QED) is 0.0273. The van der Waals surface area contributed by atoms with Crippen LogP contribution in [0.5, 0.6) is 63.5 Å². The molecule has 3 aliphatic rings. The number of phenols is 1. The van der Waals surface area contributed by atoms with Gasteiger partial charge in [-0.2, -0.15) is 0 Å². The summed E-state index contributed by atoms with van der Waals surface area (Å²) in [7, 11) is 0.392. The van der Waals surface area contributed by atoms with Crippen LogP contribution in [0.3, 0.4) is 0 Å². The fourth-order valence-electron chi connectivity index (χ4n) is 7.40. The standard InChI is InChI=1S/C15H13BN2O5.C13H9BN2O4.C8H7ClN2O2.C7H7BO3.C6H3ClN2O.C6H4N2O.C5H4BrNO.62H2/c1-17-11-6-14(21-9-20-2)15(18-7-11)23-12-3-4-13-10(5-12)8-22-16(13)19;1-15-9-5-12(17)13(16-6-9)20-10-2-3-11-8(4-10)7-19-14(11)18;1-10-6-3-7(13-5-12-2)8(9)11-4-6;9-6-1-2-7-5(3-6)4-11-8(7)10;1-8-4-2-5(10)6(7)9-3-4;1-7-5-2-6(9)4-8-3-5;6-4-1-5(8)3-7-2-4;;;;;;;;;;;;;;;;;;;;;;;;;;;;;;;;;;;;;;;;;;;;;;;;;;;;;;;;;;;;;;/h3-7,19H,8-9H2,2H3;2-6,17-18H,7H2;3-4H,5H2,2H3;1-3,9-10H,4H2;2-3,10H;2-4,9H;1-3,8H;62*1H/i;;;;;;;61*1+1D;1+1. The van der Waals surface area contributed by atoms with Crippen LogP contribution in [0.1, 0.15) is 199 Å². The van der Waals surface area contributed by atoms with Crippen LogP contribution < -0.4 is 35.3 Å². The molecule has 598 valence electrons. The summed E-state index contributed by atoms with van der Waals surface area (Å²) in [6, 6.07) is 23.7. The van der Waals surface area contributed by atoms with Crippen molar-refractivity contribution in [2.75, 3.05) is 27.8 Å². The highest BCUT2D eigenvalue weighted by Gasteiger charge is 2.29. The van der Waals surface area contributed by atoms with Gasteiger partial charge in [0.15, 0.2) is 35.4 Å².